The van der Waals surface area contributed by atoms with Gasteiger partial charge in [0, 0.05) is 19.7 Å². The van der Waals surface area contributed by atoms with Crippen LogP contribution < -0.4 is 10.6 Å². The van der Waals surface area contributed by atoms with Gasteiger partial charge in [-0.3, -0.25) is 0 Å². The first kappa shape index (κ1) is 24.1. The quantitative estimate of drug-likeness (QED) is 0.297. The predicted octanol–water partition coefficient (Wildman–Crippen LogP) is 2.84. The number of hydrogen-bond acceptors (Lipinski definition) is 3. The van der Waals surface area contributed by atoms with E-state index in [-0.39, 0.29) is 36.4 Å². The molecule has 1 aromatic carbocycles. The van der Waals surface area contributed by atoms with Crippen molar-refractivity contribution in [1.29, 1.82) is 0 Å². The van der Waals surface area contributed by atoms with Gasteiger partial charge in [-0.05, 0) is 37.0 Å². The van der Waals surface area contributed by atoms with Crippen LogP contribution in [0.5, 0.6) is 0 Å². The molecule has 0 radical (unpaired) electrons. The second-order valence-corrected chi connectivity index (χ2v) is 6.24. The Hall–Kier alpha value is -0.930. The molecule has 5 nitrogen and oxygen atoms in total. The molecule has 0 bridgehead atoms. The maximum Gasteiger partial charge on any atom is 0.191 e. The van der Waals surface area contributed by atoms with Crippen LogP contribution >= 0.6 is 24.0 Å². The average Bonchev–Trinajstić information content (AvgIpc) is 2.53. The van der Waals surface area contributed by atoms with Gasteiger partial charge in [0.1, 0.15) is 5.82 Å². The van der Waals surface area contributed by atoms with E-state index in [1.54, 1.807) is 13.0 Å². The number of aliphatic hydroxyl groups excluding tert-OH is 1. The fraction of sp³-hybridized carbons (Fsp3) is 0.611. The Morgan fingerprint density at radius 2 is 2.00 bits per heavy atom. The zero-order valence-electron chi connectivity index (χ0n) is 15.5. The highest BCUT2D eigenvalue weighted by molar-refractivity contribution is 14.0. The van der Waals surface area contributed by atoms with Crippen LogP contribution in [0.2, 0.25) is 0 Å². The fourth-order valence-corrected chi connectivity index (χ4v) is 1.96. The average molecular weight is 467 g/mol. The van der Waals surface area contributed by atoms with E-state index in [0.717, 1.165) is 5.56 Å². The minimum absolute atomic E-state index is 0. The number of hydrogen-bond donors (Lipinski definition) is 3. The summed E-state index contributed by atoms with van der Waals surface area (Å²) in [5.74, 6) is 0.804. The summed E-state index contributed by atoms with van der Waals surface area (Å²) < 4.78 is 19.0. The number of ether oxygens (including phenoxy) is 1. The Morgan fingerprint density at radius 3 is 2.60 bits per heavy atom. The third-order valence-corrected chi connectivity index (χ3v) is 3.27. The van der Waals surface area contributed by atoms with E-state index in [1.807, 2.05) is 13.0 Å². The molecule has 25 heavy (non-hydrogen) atoms. The van der Waals surface area contributed by atoms with Crippen molar-refractivity contribution in [2.45, 2.75) is 40.3 Å². The fourth-order valence-electron chi connectivity index (χ4n) is 1.96. The van der Waals surface area contributed by atoms with E-state index in [9.17, 15) is 9.50 Å². The number of aliphatic imine (C=N–C) groups is 1. The summed E-state index contributed by atoms with van der Waals surface area (Å²) in [6.45, 7) is 10.1. The summed E-state index contributed by atoms with van der Waals surface area (Å²) >= 11 is 0. The molecule has 0 fully saturated rings. The van der Waals surface area contributed by atoms with Gasteiger partial charge >= 0.3 is 0 Å². The second-order valence-electron chi connectivity index (χ2n) is 6.24. The van der Waals surface area contributed by atoms with E-state index < -0.39 is 6.10 Å². The molecular formula is C18H31FIN3O2. The number of benzene rings is 1. The van der Waals surface area contributed by atoms with Gasteiger partial charge in [0.15, 0.2) is 5.96 Å². The van der Waals surface area contributed by atoms with Crippen molar-refractivity contribution in [3.8, 4) is 0 Å². The van der Waals surface area contributed by atoms with Crippen LogP contribution in [0.15, 0.2) is 23.2 Å². The number of guanidine groups is 1. The Bertz CT molecular complexity index is 527. The Labute approximate surface area is 167 Å². The van der Waals surface area contributed by atoms with Crippen LogP contribution in [-0.2, 0) is 11.3 Å². The lowest BCUT2D eigenvalue weighted by Crippen LogP contribution is -2.42. The van der Waals surface area contributed by atoms with Crippen LogP contribution in [0.1, 0.15) is 31.9 Å². The highest BCUT2D eigenvalue weighted by Crippen LogP contribution is 2.09. The summed E-state index contributed by atoms with van der Waals surface area (Å²) in [7, 11) is 0. The first-order chi connectivity index (χ1) is 11.4. The molecular weight excluding hydrogens is 436 g/mol. The largest absolute Gasteiger partial charge is 0.389 e. The molecule has 0 aromatic heterocycles. The molecule has 1 atom stereocenters. The van der Waals surface area contributed by atoms with E-state index in [2.05, 4.69) is 29.5 Å². The van der Waals surface area contributed by atoms with Gasteiger partial charge in [0.25, 0.3) is 0 Å². The van der Waals surface area contributed by atoms with Crippen molar-refractivity contribution < 1.29 is 14.2 Å². The number of aryl methyl sites for hydroxylation is 1. The van der Waals surface area contributed by atoms with Gasteiger partial charge in [-0.1, -0.05) is 26.0 Å². The number of halogens is 2. The number of aliphatic hydroxyl groups is 1. The van der Waals surface area contributed by atoms with Crippen LogP contribution in [0.3, 0.4) is 0 Å². The van der Waals surface area contributed by atoms with Crippen molar-refractivity contribution in [3.63, 3.8) is 0 Å². The summed E-state index contributed by atoms with van der Waals surface area (Å²) in [5, 5.41) is 16.1. The van der Waals surface area contributed by atoms with Crippen molar-refractivity contribution >= 4 is 29.9 Å². The lowest BCUT2D eigenvalue weighted by molar-refractivity contribution is 0.0280. The van der Waals surface area contributed by atoms with Gasteiger partial charge in [-0.15, -0.1) is 24.0 Å². The van der Waals surface area contributed by atoms with E-state index in [0.29, 0.717) is 43.7 Å². The van der Waals surface area contributed by atoms with Crippen molar-refractivity contribution in [3.05, 3.63) is 35.1 Å². The Balaban J connectivity index is 0.00000576. The van der Waals surface area contributed by atoms with Gasteiger partial charge in [0.05, 0.1) is 19.3 Å². The Kier molecular flexibility index (Phi) is 12.8. The van der Waals surface area contributed by atoms with Crippen LogP contribution in [0.4, 0.5) is 4.39 Å². The molecule has 1 rings (SSSR count). The first-order valence-corrected chi connectivity index (χ1v) is 8.45. The maximum atomic E-state index is 13.6. The molecule has 7 heteroatoms. The second kappa shape index (κ2) is 13.3. The van der Waals surface area contributed by atoms with E-state index in [1.165, 1.54) is 6.07 Å². The Morgan fingerprint density at radius 1 is 1.28 bits per heavy atom. The molecule has 0 saturated heterocycles. The summed E-state index contributed by atoms with van der Waals surface area (Å²) in [6, 6.07) is 5.10. The highest BCUT2D eigenvalue weighted by Gasteiger charge is 2.07. The molecule has 3 N–H and O–H groups in total. The van der Waals surface area contributed by atoms with E-state index >= 15 is 0 Å². The third-order valence-electron chi connectivity index (χ3n) is 3.27. The van der Waals surface area contributed by atoms with Gasteiger partial charge in [-0.25, -0.2) is 9.38 Å². The third kappa shape index (κ3) is 10.6. The topological polar surface area (TPSA) is 65.9 Å². The molecule has 0 heterocycles. The molecule has 1 unspecified atom stereocenters. The highest BCUT2D eigenvalue weighted by atomic mass is 127. The van der Waals surface area contributed by atoms with Crippen LogP contribution in [-0.4, -0.2) is 43.5 Å². The van der Waals surface area contributed by atoms with Crippen molar-refractivity contribution in [2.24, 2.45) is 10.9 Å². The summed E-state index contributed by atoms with van der Waals surface area (Å²) in [4.78, 5) is 4.41. The molecule has 0 saturated carbocycles. The zero-order valence-corrected chi connectivity index (χ0v) is 17.8. The smallest absolute Gasteiger partial charge is 0.191 e. The molecule has 0 amide bonds. The molecule has 0 aliphatic carbocycles. The number of nitrogens with one attached hydrogen (secondary N) is 2. The predicted molar refractivity (Wildman–Crippen MR) is 111 cm³/mol. The SMILES string of the molecule is CCNC(=NCc1ccc(C)c(F)c1)NCC(O)COCC(C)C.I. The summed E-state index contributed by atoms with van der Waals surface area (Å²) in [6.07, 6.45) is -0.607. The standard InChI is InChI=1S/C18H30FN3O2.HI/c1-5-20-18(22-10-16(23)12-24-11-13(2)3)21-9-15-7-6-14(4)17(19)8-15;/h6-8,13,16,23H,5,9-12H2,1-4H3,(H2,20,21,22);1H. The lowest BCUT2D eigenvalue weighted by atomic mass is 10.1. The van der Waals surface area contributed by atoms with Crippen LogP contribution in [0.25, 0.3) is 0 Å². The first-order valence-electron chi connectivity index (χ1n) is 8.45. The van der Waals surface area contributed by atoms with Crippen LogP contribution in [0, 0.1) is 18.7 Å². The summed E-state index contributed by atoms with van der Waals surface area (Å²) in [5.41, 5.74) is 1.42. The zero-order chi connectivity index (χ0) is 17.9. The van der Waals surface area contributed by atoms with Crippen molar-refractivity contribution in [2.75, 3.05) is 26.3 Å². The molecule has 1 aromatic rings. The van der Waals surface area contributed by atoms with Gasteiger partial charge in [-0.2, -0.15) is 0 Å². The van der Waals surface area contributed by atoms with E-state index in [4.69, 9.17) is 4.74 Å². The monoisotopic (exact) mass is 467 g/mol. The maximum absolute atomic E-state index is 13.6. The normalized spacial score (nSPS) is 12.7. The molecule has 144 valence electrons. The van der Waals surface area contributed by atoms with Crippen molar-refractivity contribution in [1.82, 2.24) is 10.6 Å². The minimum atomic E-state index is -0.607. The molecule has 0 aliphatic heterocycles. The molecule has 0 spiro atoms. The molecule has 0 aliphatic rings. The number of nitrogens with zero attached hydrogens (tertiary/aromatic N) is 1. The lowest BCUT2D eigenvalue weighted by Gasteiger charge is -2.16. The minimum Gasteiger partial charge on any atom is -0.389 e. The van der Waals surface area contributed by atoms with Gasteiger partial charge in [0.2, 0.25) is 0 Å². The number of rotatable bonds is 9. The van der Waals surface area contributed by atoms with Gasteiger partial charge < -0.3 is 20.5 Å².